The van der Waals surface area contributed by atoms with Crippen molar-refractivity contribution < 1.29 is 0 Å². The van der Waals surface area contributed by atoms with E-state index >= 15 is 0 Å². The fourth-order valence-corrected chi connectivity index (χ4v) is 2.23. The van der Waals surface area contributed by atoms with Crippen LogP contribution in [0.5, 0.6) is 0 Å². The molecule has 0 aliphatic heterocycles. The van der Waals surface area contributed by atoms with Crippen LogP contribution in [-0.2, 0) is 0 Å². The number of hydrogen-bond acceptors (Lipinski definition) is 2. The number of nitrogens with two attached hydrogens (primary N) is 1. The van der Waals surface area contributed by atoms with E-state index in [2.05, 4.69) is 53.2 Å². The summed E-state index contributed by atoms with van der Waals surface area (Å²) in [5.41, 5.74) is 3.41. The van der Waals surface area contributed by atoms with Crippen molar-refractivity contribution in [1.82, 2.24) is 0 Å². The van der Waals surface area contributed by atoms with Crippen LogP contribution in [-0.4, -0.2) is 0 Å². The zero-order valence-corrected chi connectivity index (χ0v) is 12.2. The third-order valence-corrected chi connectivity index (χ3v) is 3.62. The summed E-state index contributed by atoms with van der Waals surface area (Å²) in [6.07, 6.45) is 0. The molecule has 1 aromatic rings. The highest BCUT2D eigenvalue weighted by molar-refractivity contribution is 9.13. The van der Waals surface area contributed by atoms with Gasteiger partial charge in [0.2, 0.25) is 0 Å². The first-order valence-corrected chi connectivity index (χ1v) is 5.14. The average Bonchev–Trinajstić information content (AvgIpc) is 1.96. The van der Waals surface area contributed by atoms with Crippen LogP contribution in [0.4, 0.5) is 5.69 Å². The van der Waals surface area contributed by atoms with Gasteiger partial charge in [0.1, 0.15) is 0 Å². The molecular formula is C6H6Br4N2. The van der Waals surface area contributed by atoms with Crippen molar-refractivity contribution in [2.45, 2.75) is 0 Å². The van der Waals surface area contributed by atoms with Gasteiger partial charge >= 0.3 is 0 Å². The molecule has 0 unspecified atom stereocenters. The molecule has 1 rings (SSSR count). The quantitative estimate of drug-likeness (QED) is 0.408. The second kappa shape index (κ2) is 5.59. The minimum Gasteiger partial charge on any atom is -0.323 e. The maximum atomic E-state index is 5.27. The minimum atomic E-state index is 0. The molecule has 0 aromatic heterocycles. The number of halogens is 4. The van der Waals surface area contributed by atoms with Crippen LogP contribution in [0.2, 0.25) is 0 Å². The maximum Gasteiger partial charge on any atom is 0.0650 e. The highest BCUT2D eigenvalue weighted by Gasteiger charge is 2.03. The Bertz CT molecular complexity index is 276. The van der Waals surface area contributed by atoms with Gasteiger partial charge < -0.3 is 5.43 Å². The summed E-state index contributed by atoms with van der Waals surface area (Å²) in [6.45, 7) is 0. The van der Waals surface area contributed by atoms with Crippen molar-refractivity contribution in [3.63, 3.8) is 0 Å². The molecule has 12 heavy (non-hydrogen) atoms. The second-order valence-corrected chi connectivity index (χ2v) is 4.46. The van der Waals surface area contributed by atoms with E-state index in [0.29, 0.717) is 0 Å². The number of nitrogen functional groups attached to an aromatic ring is 1. The number of benzene rings is 1. The average molecular weight is 426 g/mol. The number of hydrogen-bond donors (Lipinski definition) is 2. The van der Waals surface area contributed by atoms with Crippen LogP contribution in [0, 0.1) is 0 Å². The SMILES string of the molecule is Br.NNc1cc(Br)cc(Br)c1Br. The predicted molar refractivity (Wildman–Crippen MR) is 67.7 cm³/mol. The molecule has 2 nitrogen and oxygen atoms in total. The van der Waals surface area contributed by atoms with Gasteiger partial charge in [-0.15, -0.1) is 17.0 Å². The molecule has 0 bridgehead atoms. The van der Waals surface area contributed by atoms with E-state index in [0.717, 1.165) is 19.1 Å². The molecule has 0 amide bonds. The predicted octanol–water partition coefficient (Wildman–Crippen LogP) is 3.84. The first-order valence-electron chi connectivity index (χ1n) is 2.76. The van der Waals surface area contributed by atoms with Crippen molar-refractivity contribution in [2.24, 2.45) is 5.84 Å². The van der Waals surface area contributed by atoms with Gasteiger partial charge in [0.05, 0.1) is 10.2 Å². The molecule has 0 saturated heterocycles. The molecule has 0 spiro atoms. The Morgan fingerprint density at radius 2 is 1.75 bits per heavy atom. The van der Waals surface area contributed by atoms with E-state index in [-0.39, 0.29) is 17.0 Å². The van der Waals surface area contributed by atoms with Gasteiger partial charge in [0.25, 0.3) is 0 Å². The van der Waals surface area contributed by atoms with Gasteiger partial charge in [-0.1, -0.05) is 15.9 Å². The van der Waals surface area contributed by atoms with Crippen molar-refractivity contribution in [3.05, 3.63) is 25.6 Å². The molecule has 0 aliphatic rings. The summed E-state index contributed by atoms with van der Waals surface area (Å²) in [5.74, 6) is 5.27. The normalized spacial score (nSPS) is 9.00. The molecule has 0 radical (unpaired) electrons. The summed E-state index contributed by atoms with van der Waals surface area (Å²) in [5, 5.41) is 0. The molecule has 0 aliphatic carbocycles. The fourth-order valence-electron chi connectivity index (χ4n) is 0.661. The molecule has 0 fully saturated rings. The van der Waals surface area contributed by atoms with Crippen LogP contribution in [0.15, 0.2) is 25.6 Å². The lowest BCUT2D eigenvalue weighted by molar-refractivity contribution is 1.33. The standard InChI is InChI=1S/C6H5Br3N2.BrH/c7-3-1-4(8)6(9)5(2-3)11-10;/h1-2,11H,10H2;1H. The minimum absolute atomic E-state index is 0. The number of hydrazine groups is 1. The van der Waals surface area contributed by atoms with Gasteiger partial charge in [0.15, 0.2) is 0 Å². The molecule has 68 valence electrons. The first-order chi connectivity index (χ1) is 5.15. The van der Waals surface area contributed by atoms with Gasteiger partial charge in [-0.25, -0.2) is 0 Å². The highest BCUT2D eigenvalue weighted by Crippen LogP contribution is 2.33. The lowest BCUT2D eigenvalue weighted by atomic mass is 10.3. The lowest BCUT2D eigenvalue weighted by Gasteiger charge is -2.05. The summed E-state index contributed by atoms with van der Waals surface area (Å²) in [4.78, 5) is 0. The Hall–Kier alpha value is 0.900. The summed E-state index contributed by atoms with van der Waals surface area (Å²) in [7, 11) is 0. The van der Waals surface area contributed by atoms with Crippen molar-refractivity contribution in [1.29, 1.82) is 0 Å². The number of nitrogens with one attached hydrogen (secondary N) is 1. The van der Waals surface area contributed by atoms with Crippen molar-refractivity contribution in [2.75, 3.05) is 5.43 Å². The van der Waals surface area contributed by atoms with Gasteiger partial charge in [-0.3, -0.25) is 5.84 Å². The lowest BCUT2D eigenvalue weighted by Crippen LogP contribution is -2.07. The molecule has 3 N–H and O–H groups in total. The van der Waals surface area contributed by atoms with Crippen LogP contribution < -0.4 is 11.3 Å². The van der Waals surface area contributed by atoms with E-state index in [1.54, 1.807) is 0 Å². The molecule has 1 aromatic carbocycles. The molecular weight excluding hydrogens is 420 g/mol. The van der Waals surface area contributed by atoms with E-state index in [1.165, 1.54) is 0 Å². The second-order valence-electron chi connectivity index (χ2n) is 1.89. The van der Waals surface area contributed by atoms with E-state index < -0.39 is 0 Å². The zero-order valence-electron chi connectivity index (χ0n) is 5.77. The summed E-state index contributed by atoms with van der Waals surface area (Å²) < 4.78 is 2.85. The third-order valence-electron chi connectivity index (χ3n) is 1.15. The Balaban J connectivity index is 0.00000121. The van der Waals surface area contributed by atoms with E-state index in [9.17, 15) is 0 Å². The summed E-state index contributed by atoms with van der Waals surface area (Å²) in [6, 6.07) is 3.82. The monoisotopic (exact) mass is 422 g/mol. The molecule has 6 heteroatoms. The topological polar surface area (TPSA) is 38.0 Å². The van der Waals surface area contributed by atoms with Crippen LogP contribution in [0.1, 0.15) is 0 Å². The number of anilines is 1. The van der Waals surface area contributed by atoms with Crippen molar-refractivity contribution in [3.8, 4) is 0 Å². The van der Waals surface area contributed by atoms with Gasteiger partial charge in [0, 0.05) is 8.95 Å². The van der Waals surface area contributed by atoms with Crippen LogP contribution >= 0.6 is 64.8 Å². The van der Waals surface area contributed by atoms with E-state index in [4.69, 9.17) is 5.84 Å². The smallest absolute Gasteiger partial charge is 0.0650 e. The molecule has 0 atom stereocenters. The fraction of sp³-hybridized carbons (Fsp3) is 0. The van der Waals surface area contributed by atoms with Gasteiger partial charge in [-0.2, -0.15) is 0 Å². The first kappa shape index (κ1) is 12.9. The van der Waals surface area contributed by atoms with Crippen LogP contribution in [0.3, 0.4) is 0 Å². The Morgan fingerprint density at radius 1 is 1.17 bits per heavy atom. The maximum absolute atomic E-state index is 5.27. The third kappa shape index (κ3) is 2.99. The van der Waals surface area contributed by atoms with E-state index in [1.807, 2.05) is 12.1 Å². The Labute approximate surface area is 106 Å². The Morgan fingerprint density at radius 3 is 2.25 bits per heavy atom. The Kier molecular flexibility index (Phi) is 6.01. The molecule has 0 heterocycles. The highest BCUT2D eigenvalue weighted by atomic mass is 79.9. The largest absolute Gasteiger partial charge is 0.323 e. The van der Waals surface area contributed by atoms with Crippen LogP contribution in [0.25, 0.3) is 0 Å². The van der Waals surface area contributed by atoms with Gasteiger partial charge in [-0.05, 0) is 44.0 Å². The molecule has 0 saturated carbocycles. The van der Waals surface area contributed by atoms with Crippen molar-refractivity contribution >= 4 is 70.5 Å². The zero-order chi connectivity index (χ0) is 8.43. The number of rotatable bonds is 1. The summed E-state index contributed by atoms with van der Waals surface area (Å²) >= 11 is 10.1.